The number of amides is 1. The number of carbonyl (C=O) groups excluding carboxylic acids is 1. The van der Waals surface area contributed by atoms with E-state index < -0.39 is 5.60 Å². The van der Waals surface area contributed by atoms with Crippen molar-refractivity contribution >= 4 is 22.0 Å². The summed E-state index contributed by atoms with van der Waals surface area (Å²) in [4.78, 5) is 13.7. The highest BCUT2D eigenvalue weighted by Crippen LogP contribution is 2.21. The number of hydrogen-bond acceptors (Lipinski definition) is 4. The lowest BCUT2D eigenvalue weighted by molar-refractivity contribution is -0.849. The van der Waals surface area contributed by atoms with Crippen molar-refractivity contribution in [2.24, 2.45) is 7.05 Å². The molecule has 1 aliphatic heterocycles. The molecule has 0 aliphatic carbocycles. The molecular weight excluding hydrogens is 340 g/mol. The largest absolute Gasteiger partial charge is 0.444 e. The minimum Gasteiger partial charge on any atom is -0.444 e. The van der Waals surface area contributed by atoms with E-state index in [-0.39, 0.29) is 12.2 Å². The van der Waals surface area contributed by atoms with Gasteiger partial charge in [-0.1, -0.05) is 0 Å². The highest BCUT2D eigenvalue weighted by Gasteiger charge is 2.29. The Morgan fingerprint density at radius 1 is 1.43 bits per heavy atom. The topological polar surface area (TPSA) is 55.8 Å². The predicted molar refractivity (Wildman–Crippen MR) is 79.0 cm³/mol. The molecule has 0 unspecified atom stereocenters. The van der Waals surface area contributed by atoms with Gasteiger partial charge >= 0.3 is 12.0 Å². The Morgan fingerprint density at radius 3 is 2.52 bits per heavy atom. The maximum Gasteiger partial charge on any atom is 0.415 e. The smallest absolute Gasteiger partial charge is 0.415 e. The van der Waals surface area contributed by atoms with Gasteiger partial charge < -0.3 is 14.4 Å². The van der Waals surface area contributed by atoms with Gasteiger partial charge in [0.2, 0.25) is 0 Å². The van der Waals surface area contributed by atoms with Gasteiger partial charge in [0.1, 0.15) is 17.8 Å². The van der Waals surface area contributed by atoms with Gasteiger partial charge in [-0.15, -0.1) is 0 Å². The molecule has 7 heteroatoms. The maximum atomic E-state index is 12.0. The first-order valence-electron chi connectivity index (χ1n) is 7.05. The van der Waals surface area contributed by atoms with Crippen molar-refractivity contribution in [2.45, 2.75) is 45.3 Å². The monoisotopic (exact) mass is 361 g/mol. The number of aryl methyl sites for hydroxylation is 1. The molecule has 2 rings (SSSR count). The first-order valence-corrected chi connectivity index (χ1v) is 7.84. The molecule has 1 aliphatic rings. The molecule has 0 atom stereocenters. The lowest BCUT2D eigenvalue weighted by atomic mass is 10.1. The van der Waals surface area contributed by atoms with Gasteiger partial charge in [0.05, 0.1) is 0 Å². The predicted octanol–water partition coefficient (Wildman–Crippen LogP) is 2.64. The standard InChI is InChI=1S/C14H22BrN2O4/c1-14(2,3)20-13(18)17-7-5-10(6-8-17)19-12-9-11(15)21-16(12)4/h9-10H,5-8H2,1-4H3/q+1. The SMILES string of the molecule is C[n+]1oc(Br)cc1OC1CCN(C(=O)OC(C)(C)C)CC1. The summed E-state index contributed by atoms with van der Waals surface area (Å²) in [6.07, 6.45) is 1.39. The fraction of sp³-hybridized carbons (Fsp3) is 0.714. The fourth-order valence-corrected chi connectivity index (χ4v) is 2.56. The number of piperidine rings is 1. The van der Waals surface area contributed by atoms with E-state index in [2.05, 4.69) is 15.9 Å². The van der Waals surface area contributed by atoms with Crippen LogP contribution in [0.2, 0.25) is 0 Å². The minimum absolute atomic E-state index is 0.0828. The zero-order valence-corrected chi connectivity index (χ0v) is 14.5. The second-order valence-electron chi connectivity index (χ2n) is 6.16. The Kier molecular flexibility index (Phi) is 4.81. The van der Waals surface area contributed by atoms with Gasteiger partial charge in [-0.05, 0) is 20.8 Å². The van der Waals surface area contributed by atoms with E-state index in [4.69, 9.17) is 14.0 Å². The van der Waals surface area contributed by atoms with Crippen LogP contribution in [0.5, 0.6) is 5.88 Å². The molecule has 0 spiro atoms. The molecule has 6 nitrogen and oxygen atoms in total. The quantitative estimate of drug-likeness (QED) is 0.759. The highest BCUT2D eigenvalue weighted by atomic mass is 79.9. The molecule has 21 heavy (non-hydrogen) atoms. The summed E-state index contributed by atoms with van der Waals surface area (Å²) in [6.45, 7) is 6.90. The number of carbonyl (C=O) groups is 1. The van der Waals surface area contributed by atoms with E-state index in [1.54, 1.807) is 22.8 Å². The summed E-state index contributed by atoms with van der Waals surface area (Å²) in [5, 5.41) is 0. The van der Waals surface area contributed by atoms with Crippen LogP contribution in [0.25, 0.3) is 0 Å². The average Bonchev–Trinajstić information content (AvgIpc) is 2.66. The van der Waals surface area contributed by atoms with E-state index in [1.165, 1.54) is 0 Å². The van der Waals surface area contributed by atoms with Crippen LogP contribution >= 0.6 is 15.9 Å². The third kappa shape index (κ3) is 4.62. The van der Waals surface area contributed by atoms with Gasteiger partial charge in [-0.3, -0.25) is 0 Å². The molecule has 1 fully saturated rings. The van der Waals surface area contributed by atoms with Crippen LogP contribution in [0.1, 0.15) is 33.6 Å². The molecule has 1 saturated heterocycles. The Bertz CT molecular complexity index is 502. The van der Waals surface area contributed by atoms with Crippen LogP contribution in [0.4, 0.5) is 4.79 Å². The van der Waals surface area contributed by atoms with Crippen molar-refractivity contribution in [3.05, 3.63) is 10.7 Å². The fourth-order valence-electron chi connectivity index (χ4n) is 2.15. The minimum atomic E-state index is -0.457. The van der Waals surface area contributed by atoms with Crippen LogP contribution in [0.15, 0.2) is 15.3 Å². The summed E-state index contributed by atoms with van der Waals surface area (Å²) in [5.74, 6) is 0.678. The van der Waals surface area contributed by atoms with E-state index in [0.717, 1.165) is 12.8 Å². The molecule has 2 heterocycles. The molecule has 1 aromatic rings. The first-order chi connectivity index (χ1) is 9.74. The zero-order valence-electron chi connectivity index (χ0n) is 12.9. The summed E-state index contributed by atoms with van der Waals surface area (Å²) >= 11 is 3.27. The summed E-state index contributed by atoms with van der Waals surface area (Å²) in [6, 6.07) is 1.79. The van der Waals surface area contributed by atoms with E-state index in [1.807, 2.05) is 20.8 Å². The lowest BCUT2D eigenvalue weighted by Gasteiger charge is -2.32. The molecule has 118 valence electrons. The molecular formula is C14H22BrN2O4+. The third-order valence-electron chi connectivity index (χ3n) is 3.15. The third-order valence-corrected chi connectivity index (χ3v) is 3.53. The second kappa shape index (κ2) is 6.25. The van der Waals surface area contributed by atoms with Crippen molar-refractivity contribution in [1.82, 2.24) is 4.90 Å². The highest BCUT2D eigenvalue weighted by molar-refractivity contribution is 9.10. The molecule has 0 aromatic carbocycles. The summed E-state index contributed by atoms with van der Waals surface area (Å²) in [7, 11) is 1.79. The number of nitrogens with zero attached hydrogens (tertiary/aromatic N) is 2. The van der Waals surface area contributed by atoms with Gasteiger partial charge in [0.25, 0.3) is 4.67 Å². The average molecular weight is 362 g/mol. The second-order valence-corrected chi connectivity index (χ2v) is 6.94. The normalized spacial score (nSPS) is 16.9. The number of ether oxygens (including phenoxy) is 2. The molecule has 0 N–H and O–H groups in total. The molecule has 1 aromatic heterocycles. The Morgan fingerprint density at radius 2 is 2.05 bits per heavy atom. The Hall–Kier alpha value is -1.24. The molecule has 1 amide bonds. The van der Waals surface area contributed by atoms with Gasteiger partial charge in [-0.25, -0.2) is 9.32 Å². The van der Waals surface area contributed by atoms with Gasteiger partial charge in [0.15, 0.2) is 7.05 Å². The first kappa shape index (κ1) is 16.1. The number of halogens is 1. The summed E-state index contributed by atoms with van der Waals surface area (Å²) in [5.41, 5.74) is -0.457. The van der Waals surface area contributed by atoms with Crippen LogP contribution in [-0.4, -0.2) is 35.8 Å². The number of hydrogen-bond donors (Lipinski definition) is 0. The number of aromatic nitrogens is 1. The van der Waals surface area contributed by atoms with Crippen LogP contribution < -0.4 is 9.48 Å². The molecule has 0 radical (unpaired) electrons. The zero-order chi connectivity index (χ0) is 15.6. The maximum absolute atomic E-state index is 12.0. The van der Waals surface area contributed by atoms with E-state index >= 15 is 0 Å². The van der Waals surface area contributed by atoms with Crippen LogP contribution in [0, 0.1) is 0 Å². The van der Waals surface area contributed by atoms with E-state index in [0.29, 0.717) is 23.6 Å². The Balaban J connectivity index is 1.83. The van der Waals surface area contributed by atoms with Crippen molar-refractivity contribution in [3.63, 3.8) is 0 Å². The summed E-state index contributed by atoms with van der Waals surface area (Å²) < 4.78 is 18.8. The van der Waals surface area contributed by atoms with Crippen molar-refractivity contribution in [3.8, 4) is 5.88 Å². The van der Waals surface area contributed by atoms with Crippen LogP contribution in [-0.2, 0) is 11.8 Å². The van der Waals surface area contributed by atoms with Crippen molar-refractivity contribution in [2.75, 3.05) is 13.1 Å². The van der Waals surface area contributed by atoms with Gasteiger partial charge in [0, 0.05) is 46.6 Å². The van der Waals surface area contributed by atoms with E-state index in [9.17, 15) is 4.79 Å². The lowest BCUT2D eigenvalue weighted by Crippen LogP contribution is -2.44. The van der Waals surface area contributed by atoms with Crippen molar-refractivity contribution in [1.29, 1.82) is 0 Å². The van der Waals surface area contributed by atoms with Crippen LogP contribution in [0.3, 0.4) is 0 Å². The van der Waals surface area contributed by atoms with Gasteiger partial charge in [-0.2, -0.15) is 0 Å². The molecule has 0 saturated carbocycles. The Labute approximate surface area is 133 Å². The number of rotatable bonds is 2. The molecule has 0 bridgehead atoms. The number of likely N-dealkylation sites (tertiary alicyclic amines) is 1. The van der Waals surface area contributed by atoms with Crippen molar-refractivity contribution < 1.29 is 23.5 Å².